The van der Waals surface area contributed by atoms with E-state index >= 15 is 0 Å². The summed E-state index contributed by atoms with van der Waals surface area (Å²) in [5, 5.41) is 0. The molecule has 0 aromatic heterocycles. The molecular weight excluding hydrogens is 310 g/mol. The summed E-state index contributed by atoms with van der Waals surface area (Å²) in [7, 11) is -7.38. The van der Waals surface area contributed by atoms with E-state index in [-0.39, 0.29) is 21.6 Å². The predicted octanol–water partition coefficient (Wildman–Crippen LogP) is 1.76. The first-order chi connectivity index (χ1) is 9.62. The average molecular weight is 331 g/mol. The number of hydrogen-bond donors (Lipinski definition) is 0. The molecule has 118 valence electrons. The summed E-state index contributed by atoms with van der Waals surface area (Å²) < 4.78 is 50.7. The molecule has 1 aromatic rings. The van der Waals surface area contributed by atoms with Crippen LogP contribution in [0.25, 0.3) is 0 Å². The molecule has 1 aromatic carbocycles. The molecule has 7 heteroatoms. The van der Waals surface area contributed by atoms with Crippen LogP contribution in [0.1, 0.15) is 20.3 Å². The van der Waals surface area contributed by atoms with Gasteiger partial charge in [0, 0.05) is 19.3 Å². The molecule has 0 N–H and O–H groups in total. The number of nitrogens with zero attached hydrogens (tertiary/aromatic N) is 1. The van der Waals surface area contributed by atoms with Crippen molar-refractivity contribution in [1.82, 2.24) is 4.31 Å². The third-order valence-corrected chi connectivity index (χ3v) is 6.88. The van der Waals surface area contributed by atoms with Gasteiger partial charge in [0.05, 0.1) is 4.90 Å². The number of benzene rings is 1. The molecule has 1 fully saturated rings. The molecule has 0 bridgehead atoms. The zero-order chi connectivity index (χ0) is 15.8. The number of rotatable bonds is 3. The van der Waals surface area contributed by atoms with Crippen LogP contribution in [0.3, 0.4) is 0 Å². The second kappa shape index (κ2) is 5.70. The summed E-state index contributed by atoms with van der Waals surface area (Å²) in [6.45, 7) is 4.90. The molecule has 2 atom stereocenters. The number of sulfonamides is 1. The van der Waals surface area contributed by atoms with Gasteiger partial charge in [0.25, 0.3) is 0 Å². The number of hydrogen-bond acceptors (Lipinski definition) is 4. The Hall–Kier alpha value is -0.920. The summed E-state index contributed by atoms with van der Waals surface area (Å²) in [6, 6.07) is 5.81. The molecule has 1 heterocycles. The SMILES string of the molecule is C[C@@H]1C[C@H](C)CN(S(=O)(=O)c2ccccc2S(C)(=O)=O)C1. The van der Waals surface area contributed by atoms with Gasteiger partial charge in [-0.1, -0.05) is 26.0 Å². The van der Waals surface area contributed by atoms with Crippen LogP contribution in [-0.2, 0) is 19.9 Å². The largest absolute Gasteiger partial charge is 0.244 e. The fraction of sp³-hybridized carbons (Fsp3) is 0.571. The highest BCUT2D eigenvalue weighted by Gasteiger charge is 2.34. The molecule has 0 unspecified atom stereocenters. The lowest BCUT2D eigenvalue weighted by molar-refractivity contribution is 0.222. The predicted molar refractivity (Wildman–Crippen MR) is 81.3 cm³/mol. The Morgan fingerprint density at radius 1 is 0.952 bits per heavy atom. The molecule has 1 saturated heterocycles. The van der Waals surface area contributed by atoms with E-state index in [0.29, 0.717) is 13.1 Å². The van der Waals surface area contributed by atoms with Crippen molar-refractivity contribution in [2.75, 3.05) is 19.3 Å². The maximum Gasteiger partial charge on any atom is 0.244 e. The van der Waals surface area contributed by atoms with Crippen molar-refractivity contribution >= 4 is 19.9 Å². The van der Waals surface area contributed by atoms with Crippen molar-refractivity contribution in [2.24, 2.45) is 11.8 Å². The fourth-order valence-corrected chi connectivity index (χ4v) is 6.19. The first-order valence-electron chi connectivity index (χ1n) is 6.91. The standard InChI is InChI=1S/C14H21NO4S2/c1-11-8-12(2)10-15(9-11)21(18,19)14-7-5-4-6-13(14)20(3,16)17/h4-7,11-12H,8-10H2,1-3H3/t11-,12+. The summed E-state index contributed by atoms with van der Waals surface area (Å²) >= 11 is 0. The third-order valence-electron chi connectivity index (χ3n) is 3.70. The number of sulfone groups is 1. The molecule has 1 aliphatic rings. The van der Waals surface area contributed by atoms with Gasteiger partial charge in [-0.25, -0.2) is 16.8 Å². The number of piperidine rings is 1. The van der Waals surface area contributed by atoms with Crippen LogP contribution in [0.4, 0.5) is 0 Å². The van der Waals surface area contributed by atoms with Crippen LogP contribution in [0.15, 0.2) is 34.1 Å². The highest BCUT2D eigenvalue weighted by molar-refractivity contribution is 7.93. The first kappa shape index (κ1) is 16.5. The van der Waals surface area contributed by atoms with Gasteiger partial charge in [-0.15, -0.1) is 0 Å². The van der Waals surface area contributed by atoms with Crippen LogP contribution in [0.5, 0.6) is 0 Å². The Balaban J connectivity index is 2.50. The van der Waals surface area contributed by atoms with Gasteiger partial charge < -0.3 is 0 Å². The molecule has 0 radical (unpaired) electrons. The van der Waals surface area contributed by atoms with Crippen molar-refractivity contribution in [1.29, 1.82) is 0 Å². The van der Waals surface area contributed by atoms with E-state index in [0.717, 1.165) is 12.7 Å². The summed E-state index contributed by atoms with van der Waals surface area (Å²) in [5.74, 6) is 0.544. The first-order valence-corrected chi connectivity index (χ1v) is 10.2. The molecule has 2 rings (SSSR count). The van der Waals surface area contributed by atoms with Crippen LogP contribution >= 0.6 is 0 Å². The maximum atomic E-state index is 12.8. The smallest absolute Gasteiger partial charge is 0.224 e. The van der Waals surface area contributed by atoms with E-state index in [4.69, 9.17) is 0 Å². The Morgan fingerprint density at radius 3 is 1.90 bits per heavy atom. The lowest BCUT2D eigenvalue weighted by atomic mass is 9.94. The van der Waals surface area contributed by atoms with Crippen LogP contribution in [-0.4, -0.2) is 40.5 Å². The van der Waals surface area contributed by atoms with Gasteiger partial charge in [0.15, 0.2) is 9.84 Å². The zero-order valence-electron chi connectivity index (χ0n) is 12.5. The molecule has 0 aliphatic carbocycles. The van der Waals surface area contributed by atoms with Crippen LogP contribution in [0, 0.1) is 11.8 Å². The highest BCUT2D eigenvalue weighted by Crippen LogP contribution is 2.29. The Morgan fingerprint density at radius 2 is 1.43 bits per heavy atom. The van der Waals surface area contributed by atoms with Gasteiger partial charge in [0.1, 0.15) is 4.90 Å². The second-order valence-electron chi connectivity index (χ2n) is 5.99. The average Bonchev–Trinajstić information content (AvgIpc) is 2.36. The molecule has 1 aliphatic heterocycles. The van der Waals surface area contributed by atoms with Crippen molar-refractivity contribution in [2.45, 2.75) is 30.1 Å². The molecular formula is C14H21NO4S2. The summed E-state index contributed by atoms with van der Waals surface area (Å²) in [5.41, 5.74) is 0. The highest BCUT2D eigenvalue weighted by atomic mass is 32.2. The minimum absolute atomic E-state index is 0.117. The quantitative estimate of drug-likeness (QED) is 0.846. The Bertz CT molecular complexity index is 715. The lowest BCUT2D eigenvalue weighted by Gasteiger charge is -2.34. The van der Waals surface area contributed by atoms with E-state index in [2.05, 4.69) is 0 Å². The van der Waals surface area contributed by atoms with Gasteiger partial charge in [0.2, 0.25) is 10.0 Å². The minimum Gasteiger partial charge on any atom is -0.224 e. The molecule has 0 spiro atoms. The topological polar surface area (TPSA) is 71.5 Å². The van der Waals surface area contributed by atoms with Gasteiger partial charge >= 0.3 is 0 Å². The van der Waals surface area contributed by atoms with E-state index in [1.807, 2.05) is 13.8 Å². The summed E-state index contributed by atoms with van der Waals surface area (Å²) in [4.78, 5) is -0.246. The summed E-state index contributed by atoms with van der Waals surface area (Å²) in [6.07, 6.45) is 2.02. The van der Waals surface area contributed by atoms with E-state index in [1.165, 1.54) is 22.5 Å². The second-order valence-corrected chi connectivity index (χ2v) is 9.88. The van der Waals surface area contributed by atoms with Crippen molar-refractivity contribution in [3.8, 4) is 0 Å². The van der Waals surface area contributed by atoms with Gasteiger partial charge in [-0.05, 0) is 30.4 Å². The van der Waals surface area contributed by atoms with E-state index in [9.17, 15) is 16.8 Å². The van der Waals surface area contributed by atoms with Gasteiger partial charge in [-0.3, -0.25) is 0 Å². The molecule has 21 heavy (non-hydrogen) atoms. The van der Waals surface area contributed by atoms with E-state index < -0.39 is 19.9 Å². The zero-order valence-corrected chi connectivity index (χ0v) is 14.1. The third kappa shape index (κ3) is 3.46. The Kier molecular flexibility index (Phi) is 4.46. The van der Waals surface area contributed by atoms with E-state index in [1.54, 1.807) is 6.07 Å². The van der Waals surface area contributed by atoms with Crippen molar-refractivity contribution in [3.05, 3.63) is 24.3 Å². The monoisotopic (exact) mass is 331 g/mol. The Labute approximate surface area is 126 Å². The molecule has 0 saturated carbocycles. The fourth-order valence-electron chi connectivity index (χ4n) is 2.91. The van der Waals surface area contributed by atoms with Crippen molar-refractivity contribution < 1.29 is 16.8 Å². The maximum absolute atomic E-state index is 12.8. The van der Waals surface area contributed by atoms with Crippen LogP contribution in [0.2, 0.25) is 0 Å². The molecule has 5 nitrogen and oxygen atoms in total. The lowest BCUT2D eigenvalue weighted by Crippen LogP contribution is -2.42. The van der Waals surface area contributed by atoms with Gasteiger partial charge in [-0.2, -0.15) is 4.31 Å². The molecule has 0 amide bonds. The van der Waals surface area contributed by atoms with Crippen LogP contribution < -0.4 is 0 Å². The normalized spacial score (nSPS) is 24.9. The minimum atomic E-state index is -3.79. The van der Waals surface area contributed by atoms with Crippen molar-refractivity contribution in [3.63, 3.8) is 0 Å².